The third-order valence-corrected chi connectivity index (χ3v) is 6.14. The molecule has 0 bridgehead atoms. The van der Waals surface area contributed by atoms with Gasteiger partial charge in [-0.2, -0.15) is 4.72 Å². The number of carbonyl (C=O) groups excluding carboxylic acids is 1. The molecule has 1 amide bonds. The Bertz CT molecular complexity index is 613. The molecule has 0 spiro atoms. The Hall–Kier alpha value is -0.490. The minimum Gasteiger partial charge on any atom is -0.480 e. The van der Waals surface area contributed by atoms with Crippen molar-refractivity contribution < 1.29 is 23.1 Å². The zero-order chi connectivity index (χ0) is 14.8. The monoisotopic (exact) mass is 434 g/mol. The van der Waals surface area contributed by atoms with Gasteiger partial charge < -0.3 is 10.8 Å². The molecule has 0 aliphatic heterocycles. The molecule has 1 heterocycles. The average molecular weight is 436 g/mol. The summed E-state index contributed by atoms with van der Waals surface area (Å²) in [5.74, 6) is -2.39. The third kappa shape index (κ3) is 4.53. The van der Waals surface area contributed by atoms with Gasteiger partial charge in [0.05, 0.1) is 14.0 Å². The summed E-state index contributed by atoms with van der Waals surface area (Å²) >= 11 is 7.30. The van der Waals surface area contributed by atoms with E-state index in [1.807, 2.05) is 4.72 Å². The molecule has 1 aromatic heterocycles. The molecule has 1 atom stereocenters. The quantitative estimate of drug-likeness (QED) is 0.611. The predicted molar refractivity (Wildman–Crippen MR) is 75.3 cm³/mol. The van der Waals surface area contributed by atoms with Crippen molar-refractivity contribution in [1.82, 2.24) is 4.72 Å². The van der Waals surface area contributed by atoms with Gasteiger partial charge in [0.1, 0.15) is 10.9 Å². The van der Waals surface area contributed by atoms with Gasteiger partial charge >= 0.3 is 5.97 Å². The van der Waals surface area contributed by atoms with Gasteiger partial charge in [0.15, 0.2) is 0 Å². The maximum absolute atomic E-state index is 12.0. The lowest BCUT2D eigenvalue weighted by Crippen LogP contribution is -2.43. The molecule has 0 fully saturated rings. The van der Waals surface area contributed by atoms with Crippen molar-refractivity contribution in [3.05, 3.63) is 13.6 Å². The number of hydrogen-bond donors (Lipinski definition) is 3. The highest BCUT2D eigenvalue weighted by molar-refractivity contribution is 9.12. The Morgan fingerprint density at radius 2 is 2.05 bits per heavy atom. The largest absolute Gasteiger partial charge is 0.480 e. The summed E-state index contributed by atoms with van der Waals surface area (Å²) in [4.78, 5) is 21.5. The van der Waals surface area contributed by atoms with Crippen LogP contribution in [0.5, 0.6) is 0 Å². The second-order valence-corrected chi connectivity index (χ2v) is 8.80. The molecule has 1 aromatic rings. The molecule has 4 N–H and O–H groups in total. The predicted octanol–water partition coefficient (Wildman–Crippen LogP) is 0.880. The fraction of sp³-hybridized carbons (Fsp3) is 0.250. The number of carbonyl (C=O) groups is 2. The number of thiophene rings is 1. The van der Waals surface area contributed by atoms with E-state index in [4.69, 9.17) is 10.8 Å². The number of sulfonamides is 1. The Morgan fingerprint density at radius 1 is 1.47 bits per heavy atom. The van der Waals surface area contributed by atoms with E-state index in [9.17, 15) is 18.0 Å². The number of hydrogen-bond acceptors (Lipinski definition) is 5. The van der Waals surface area contributed by atoms with Crippen LogP contribution in [0.3, 0.4) is 0 Å². The van der Waals surface area contributed by atoms with Gasteiger partial charge in [-0.1, -0.05) is 0 Å². The molecule has 0 aromatic carbocycles. The third-order valence-electron chi connectivity index (χ3n) is 1.92. The van der Waals surface area contributed by atoms with Crippen LogP contribution in [-0.4, -0.2) is 31.4 Å². The summed E-state index contributed by atoms with van der Waals surface area (Å²) < 4.78 is 26.8. The van der Waals surface area contributed by atoms with Crippen LogP contribution in [0.25, 0.3) is 0 Å². The molecule has 0 saturated carbocycles. The van der Waals surface area contributed by atoms with Crippen molar-refractivity contribution in [1.29, 1.82) is 0 Å². The van der Waals surface area contributed by atoms with Gasteiger partial charge in [0.2, 0.25) is 15.9 Å². The number of aliphatic carboxylic acids is 1. The molecular weight excluding hydrogens is 428 g/mol. The van der Waals surface area contributed by atoms with Crippen LogP contribution in [0.4, 0.5) is 0 Å². The number of amides is 1. The molecule has 19 heavy (non-hydrogen) atoms. The lowest BCUT2D eigenvalue weighted by Gasteiger charge is -2.12. The van der Waals surface area contributed by atoms with Crippen molar-refractivity contribution in [2.24, 2.45) is 5.73 Å². The van der Waals surface area contributed by atoms with Crippen LogP contribution >= 0.6 is 43.2 Å². The summed E-state index contributed by atoms with van der Waals surface area (Å²) in [6.07, 6.45) is -0.627. The molecule has 0 radical (unpaired) electrons. The molecular formula is C8H8Br2N2O5S2. The Kier molecular flexibility index (Phi) is 5.50. The maximum atomic E-state index is 12.0. The summed E-state index contributed by atoms with van der Waals surface area (Å²) in [6.45, 7) is 0. The van der Waals surface area contributed by atoms with Crippen molar-refractivity contribution in [2.75, 3.05) is 0 Å². The second kappa shape index (κ2) is 6.31. The Labute approximate surface area is 129 Å². The normalized spacial score (nSPS) is 13.2. The van der Waals surface area contributed by atoms with Gasteiger partial charge in [-0.05, 0) is 37.9 Å². The number of rotatable bonds is 6. The van der Waals surface area contributed by atoms with Gasteiger partial charge in [-0.3, -0.25) is 9.59 Å². The van der Waals surface area contributed by atoms with Crippen LogP contribution in [0, 0.1) is 0 Å². The number of halogens is 2. The van der Waals surface area contributed by atoms with Crippen LogP contribution in [-0.2, 0) is 19.6 Å². The first-order chi connectivity index (χ1) is 8.63. The summed E-state index contributed by atoms with van der Waals surface area (Å²) in [6, 6.07) is -0.284. The second-order valence-electron chi connectivity index (χ2n) is 3.37. The first-order valence-electron chi connectivity index (χ1n) is 4.61. The van der Waals surface area contributed by atoms with Crippen molar-refractivity contribution in [3.63, 3.8) is 0 Å². The lowest BCUT2D eigenvalue weighted by molar-refractivity contribution is -0.140. The molecule has 0 aliphatic rings. The first kappa shape index (κ1) is 16.6. The van der Waals surface area contributed by atoms with Crippen LogP contribution in [0.2, 0.25) is 0 Å². The maximum Gasteiger partial charge on any atom is 0.322 e. The van der Waals surface area contributed by atoms with Crippen molar-refractivity contribution in [3.8, 4) is 0 Å². The fourth-order valence-corrected chi connectivity index (χ4v) is 6.14. The van der Waals surface area contributed by atoms with E-state index in [-0.39, 0.29) is 4.90 Å². The molecule has 0 aliphatic carbocycles. The molecule has 106 valence electrons. The molecule has 0 unspecified atom stereocenters. The highest BCUT2D eigenvalue weighted by Gasteiger charge is 2.29. The summed E-state index contributed by atoms with van der Waals surface area (Å²) in [5, 5.41) is 8.85. The topological polar surface area (TPSA) is 127 Å². The van der Waals surface area contributed by atoms with E-state index in [2.05, 4.69) is 31.9 Å². The molecule has 11 heteroatoms. The number of carboxylic acid groups (broad SMARTS) is 1. The van der Waals surface area contributed by atoms with E-state index >= 15 is 0 Å². The first-order valence-corrected chi connectivity index (χ1v) is 8.50. The van der Waals surface area contributed by atoms with Crippen LogP contribution in [0.1, 0.15) is 6.42 Å². The van der Waals surface area contributed by atoms with Gasteiger partial charge in [-0.25, -0.2) is 8.42 Å². The minimum absolute atomic E-state index is 0.111. The van der Waals surface area contributed by atoms with E-state index in [1.54, 1.807) is 0 Å². The average Bonchev–Trinajstić information content (AvgIpc) is 2.56. The summed E-state index contributed by atoms with van der Waals surface area (Å²) in [7, 11) is -4.07. The number of nitrogens with one attached hydrogen (secondary N) is 1. The Balaban J connectivity index is 3.04. The smallest absolute Gasteiger partial charge is 0.322 e. The SMILES string of the molecule is NC(=O)C[C@@H](NS(=O)(=O)c1cc(Br)sc1Br)C(=O)O. The lowest BCUT2D eigenvalue weighted by atomic mass is 10.2. The molecule has 1 rings (SSSR count). The zero-order valence-corrected chi connectivity index (χ0v) is 13.9. The zero-order valence-electron chi connectivity index (χ0n) is 9.09. The van der Waals surface area contributed by atoms with E-state index in [0.29, 0.717) is 7.57 Å². The van der Waals surface area contributed by atoms with E-state index in [0.717, 1.165) is 11.3 Å². The van der Waals surface area contributed by atoms with Crippen molar-refractivity contribution in [2.45, 2.75) is 17.4 Å². The van der Waals surface area contributed by atoms with Crippen LogP contribution < -0.4 is 10.5 Å². The van der Waals surface area contributed by atoms with Crippen molar-refractivity contribution >= 4 is 65.1 Å². The Morgan fingerprint density at radius 3 is 2.42 bits per heavy atom. The highest BCUT2D eigenvalue weighted by Crippen LogP contribution is 2.34. The summed E-state index contributed by atoms with van der Waals surface area (Å²) in [5.41, 5.74) is 4.87. The number of carboxylic acids is 1. The number of nitrogens with two attached hydrogens (primary N) is 1. The molecule has 7 nitrogen and oxygen atoms in total. The standard InChI is InChI=1S/C8H8Br2N2O5S2/c9-5-2-4(7(10)18-5)19(16,17)12-3(8(14)15)1-6(11)13/h2-3,12H,1H2,(H2,11,13)(H,14,15)/t3-/m1/s1. The minimum atomic E-state index is -4.07. The highest BCUT2D eigenvalue weighted by atomic mass is 79.9. The molecule has 0 saturated heterocycles. The fourth-order valence-electron chi connectivity index (χ4n) is 1.14. The number of primary amides is 1. The van der Waals surface area contributed by atoms with E-state index in [1.165, 1.54) is 6.07 Å². The van der Waals surface area contributed by atoms with Gasteiger partial charge in [-0.15, -0.1) is 11.3 Å². The van der Waals surface area contributed by atoms with Gasteiger partial charge in [0, 0.05) is 0 Å². The van der Waals surface area contributed by atoms with Gasteiger partial charge in [0.25, 0.3) is 0 Å². The van der Waals surface area contributed by atoms with E-state index < -0.39 is 34.4 Å². The van der Waals surface area contributed by atoms with Crippen LogP contribution in [0.15, 0.2) is 18.5 Å².